The number of piperidine rings is 1. The number of hydrogen-bond donors (Lipinski definition) is 2. The van der Waals surface area contributed by atoms with Crippen molar-refractivity contribution in [1.82, 2.24) is 15.5 Å². The average Bonchev–Trinajstić information content (AvgIpc) is 2.78. The quantitative estimate of drug-likeness (QED) is 0.601. The maximum atomic E-state index is 12.3. The molecule has 3 rings (SSSR count). The van der Waals surface area contributed by atoms with E-state index >= 15 is 0 Å². The van der Waals surface area contributed by atoms with Gasteiger partial charge in [0.1, 0.15) is 5.03 Å². The van der Waals surface area contributed by atoms with Crippen molar-refractivity contribution in [2.75, 3.05) is 35.6 Å². The second-order valence-electron chi connectivity index (χ2n) is 7.12. The van der Waals surface area contributed by atoms with E-state index in [-0.39, 0.29) is 23.5 Å². The van der Waals surface area contributed by atoms with Crippen LogP contribution in [-0.4, -0.2) is 47.4 Å². The number of para-hydroxylation sites is 1. The number of anilines is 2. The van der Waals surface area contributed by atoms with E-state index in [1.54, 1.807) is 12.1 Å². The van der Waals surface area contributed by atoms with Crippen molar-refractivity contribution >= 4 is 46.7 Å². The molecule has 0 bridgehead atoms. The molecule has 30 heavy (non-hydrogen) atoms. The van der Waals surface area contributed by atoms with Crippen LogP contribution in [0.25, 0.3) is 0 Å². The molecule has 0 aliphatic carbocycles. The molecular formula is C21H26ClN5O2S. The maximum Gasteiger partial charge on any atom is 0.234 e. The number of carbonyl (C=O) groups excluding carboxylic acids is 2. The topological polar surface area (TPSA) is 87.2 Å². The number of aromatic nitrogens is 2. The molecule has 160 valence electrons. The molecule has 2 N–H and O–H groups in total. The Morgan fingerprint density at radius 1 is 1.23 bits per heavy atom. The summed E-state index contributed by atoms with van der Waals surface area (Å²) in [5.41, 5.74) is 0.592. The Balaban J connectivity index is 1.50. The highest BCUT2D eigenvalue weighted by Gasteiger charge is 2.26. The van der Waals surface area contributed by atoms with Crippen LogP contribution >= 0.6 is 23.4 Å². The van der Waals surface area contributed by atoms with E-state index in [1.807, 2.05) is 31.2 Å². The predicted molar refractivity (Wildman–Crippen MR) is 121 cm³/mol. The van der Waals surface area contributed by atoms with E-state index < -0.39 is 0 Å². The van der Waals surface area contributed by atoms with Gasteiger partial charge in [-0.15, -0.1) is 10.2 Å². The van der Waals surface area contributed by atoms with E-state index in [2.05, 4.69) is 25.7 Å². The predicted octanol–water partition coefficient (Wildman–Crippen LogP) is 3.60. The third-order valence-corrected chi connectivity index (χ3v) is 6.04. The fraction of sp³-hybridized carbons (Fsp3) is 0.429. The number of rotatable bonds is 8. The lowest BCUT2D eigenvalue weighted by atomic mass is 9.97. The van der Waals surface area contributed by atoms with Gasteiger partial charge in [0.25, 0.3) is 0 Å². The molecule has 1 saturated heterocycles. The first-order chi connectivity index (χ1) is 14.6. The van der Waals surface area contributed by atoms with Crippen molar-refractivity contribution in [3.63, 3.8) is 0 Å². The zero-order chi connectivity index (χ0) is 21.3. The lowest BCUT2D eigenvalue weighted by Gasteiger charge is -2.32. The Morgan fingerprint density at radius 3 is 2.80 bits per heavy atom. The number of nitrogens with one attached hydrogen (secondary N) is 2. The highest BCUT2D eigenvalue weighted by Crippen LogP contribution is 2.24. The van der Waals surface area contributed by atoms with Gasteiger partial charge in [0, 0.05) is 19.6 Å². The number of amides is 2. The third-order valence-electron chi connectivity index (χ3n) is 4.79. The Morgan fingerprint density at radius 2 is 2.07 bits per heavy atom. The van der Waals surface area contributed by atoms with Gasteiger partial charge < -0.3 is 15.5 Å². The zero-order valence-electron chi connectivity index (χ0n) is 16.9. The Kier molecular flexibility index (Phi) is 8.33. The SMILES string of the molecule is CCCNC(=O)C1CCCN(c2ccc(SCC(=O)Nc3ccccc3Cl)nn2)C1. The molecule has 9 heteroatoms. The van der Waals surface area contributed by atoms with E-state index in [4.69, 9.17) is 11.6 Å². The van der Waals surface area contributed by atoms with Crippen molar-refractivity contribution in [2.24, 2.45) is 5.92 Å². The van der Waals surface area contributed by atoms with Crippen molar-refractivity contribution in [1.29, 1.82) is 0 Å². The van der Waals surface area contributed by atoms with Gasteiger partial charge in [0.05, 0.1) is 22.4 Å². The van der Waals surface area contributed by atoms with Crippen LogP contribution in [0.15, 0.2) is 41.4 Å². The first-order valence-electron chi connectivity index (χ1n) is 10.1. The van der Waals surface area contributed by atoms with Crippen LogP contribution in [0, 0.1) is 5.92 Å². The summed E-state index contributed by atoms with van der Waals surface area (Å²) >= 11 is 7.37. The van der Waals surface area contributed by atoms with Gasteiger partial charge in [0.15, 0.2) is 5.82 Å². The number of benzene rings is 1. The molecule has 2 amide bonds. The fourth-order valence-corrected chi connectivity index (χ4v) is 4.04. The zero-order valence-corrected chi connectivity index (χ0v) is 18.5. The van der Waals surface area contributed by atoms with Crippen LogP contribution in [0.5, 0.6) is 0 Å². The van der Waals surface area contributed by atoms with Crippen LogP contribution in [0.4, 0.5) is 11.5 Å². The maximum absolute atomic E-state index is 12.3. The number of carbonyl (C=O) groups is 2. The number of nitrogens with zero attached hydrogens (tertiary/aromatic N) is 3. The second-order valence-corrected chi connectivity index (χ2v) is 8.53. The van der Waals surface area contributed by atoms with E-state index in [0.29, 0.717) is 28.8 Å². The molecule has 0 saturated carbocycles. The first-order valence-corrected chi connectivity index (χ1v) is 11.5. The summed E-state index contributed by atoms with van der Waals surface area (Å²) in [6.45, 7) is 4.27. The summed E-state index contributed by atoms with van der Waals surface area (Å²) in [5.74, 6) is 0.910. The summed E-state index contributed by atoms with van der Waals surface area (Å²) in [4.78, 5) is 26.5. The van der Waals surface area contributed by atoms with Gasteiger partial charge in [-0.25, -0.2) is 0 Å². The average molecular weight is 448 g/mol. The lowest BCUT2D eigenvalue weighted by molar-refractivity contribution is -0.125. The molecule has 1 aliphatic heterocycles. The first kappa shape index (κ1) is 22.4. The van der Waals surface area contributed by atoms with Crippen molar-refractivity contribution in [3.8, 4) is 0 Å². The summed E-state index contributed by atoms with van der Waals surface area (Å²) in [7, 11) is 0. The molecule has 0 spiro atoms. The lowest BCUT2D eigenvalue weighted by Crippen LogP contribution is -2.43. The minimum absolute atomic E-state index is 0.0188. The minimum atomic E-state index is -0.157. The van der Waals surface area contributed by atoms with Crippen LogP contribution in [0.2, 0.25) is 5.02 Å². The Labute approximate surface area is 186 Å². The molecule has 1 unspecified atom stereocenters. The number of halogens is 1. The molecule has 0 radical (unpaired) electrons. The van der Waals surface area contributed by atoms with Crippen molar-refractivity contribution < 1.29 is 9.59 Å². The number of hydrogen-bond acceptors (Lipinski definition) is 6. The summed E-state index contributed by atoms with van der Waals surface area (Å²) in [6.07, 6.45) is 2.78. The van der Waals surface area contributed by atoms with Crippen LogP contribution in [0.1, 0.15) is 26.2 Å². The summed E-state index contributed by atoms with van der Waals surface area (Å²) < 4.78 is 0. The largest absolute Gasteiger partial charge is 0.356 e. The highest BCUT2D eigenvalue weighted by atomic mass is 35.5. The number of thioether (sulfide) groups is 1. The van der Waals surface area contributed by atoms with Gasteiger partial charge in [0.2, 0.25) is 11.8 Å². The monoisotopic (exact) mass is 447 g/mol. The molecule has 2 aromatic rings. The molecule has 1 fully saturated rings. The van der Waals surface area contributed by atoms with Gasteiger partial charge in [-0.3, -0.25) is 9.59 Å². The van der Waals surface area contributed by atoms with Gasteiger partial charge in [-0.2, -0.15) is 0 Å². The van der Waals surface area contributed by atoms with Crippen LogP contribution in [0.3, 0.4) is 0 Å². The minimum Gasteiger partial charge on any atom is -0.356 e. The Bertz CT molecular complexity index is 865. The molecule has 1 aliphatic rings. The van der Waals surface area contributed by atoms with Gasteiger partial charge in [-0.05, 0) is 43.5 Å². The van der Waals surface area contributed by atoms with Crippen LogP contribution < -0.4 is 15.5 Å². The molecule has 2 heterocycles. The van der Waals surface area contributed by atoms with E-state index in [0.717, 1.165) is 31.6 Å². The smallest absolute Gasteiger partial charge is 0.234 e. The molecule has 1 aromatic heterocycles. The summed E-state index contributed by atoms with van der Waals surface area (Å²) in [5, 5.41) is 15.5. The second kappa shape index (κ2) is 11.2. The van der Waals surface area contributed by atoms with Crippen LogP contribution in [-0.2, 0) is 9.59 Å². The molecular weight excluding hydrogens is 422 g/mol. The van der Waals surface area contributed by atoms with Crippen molar-refractivity contribution in [3.05, 3.63) is 41.4 Å². The molecule has 7 nitrogen and oxygen atoms in total. The standard InChI is InChI=1S/C21H26ClN5O2S/c1-2-11-23-21(29)15-6-5-12-27(13-15)18-9-10-20(26-25-18)30-14-19(28)24-17-8-4-3-7-16(17)22/h3-4,7-10,15H,2,5-6,11-14H2,1H3,(H,23,29)(H,24,28). The van der Waals surface area contributed by atoms with Gasteiger partial charge in [-0.1, -0.05) is 42.4 Å². The normalized spacial score (nSPS) is 16.2. The van der Waals surface area contributed by atoms with E-state index in [1.165, 1.54) is 11.8 Å². The third kappa shape index (κ3) is 6.34. The van der Waals surface area contributed by atoms with Gasteiger partial charge >= 0.3 is 0 Å². The molecule has 1 atom stereocenters. The highest BCUT2D eigenvalue weighted by molar-refractivity contribution is 7.99. The van der Waals surface area contributed by atoms with Crippen molar-refractivity contribution in [2.45, 2.75) is 31.2 Å². The fourth-order valence-electron chi connectivity index (χ4n) is 3.24. The molecule has 1 aromatic carbocycles. The summed E-state index contributed by atoms with van der Waals surface area (Å²) in [6, 6.07) is 10.9. The Hall–Kier alpha value is -2.32. The van der Waals surface area contributed by atoms with E-state index in [9.17, 15) is 9.59 Å².